The summed E-state index contributed by atoms with van der Waals surface area (Å²) in [5, 5.41) is 2.66. The molecule has 0 atom stereocenters. The second-order valence-corrected chi connectivity index (χ2v) is 15.8. The molecule has 0 heterocycles. The van der Waals surface area contributed by atoms with Crippen LogP contribution in [0.2, 0.25) is 0 Å². The lowest BCUT2D eigenvalue weighted by atomic mass is 9.67. The predicted octanol–water partition coefficient (Wildman–Crippen LogP) is 14.3. The Bertz CT molecular complexity index is 2700. The zero-order chi connectivity index (χ0) is 35.9. The molecule has 0 spiro atoms. The van der Waals surface area contributed by atoms with Gasteiger partial charge in [-0.1, -0.05) is 161 Å². The lowest BCUT2D eigenvalue weighted by Crippen LogP contribution is -2.24. The molecule has 0 saturated heterocycles. The highest BCUT2D eigenvalue weighted by Crippen LogP contribution is 2.53. The third kappa shape index (κ3) is 4.77. The zero-order valence-electron chi connectivity index (χ0n) is 30.7. The summed E-state index contributed by atoms with van der Waals surface area (Å²) in [5.74, 6) is 0. The van der Waals surface area contributed by atoms with E-state index in [4.69, 9.17) is 0 Å². The standard InChI is InChI=1S/C52H41N/c1-51(2)46-31-25-37(34-14-7-5-8-15-34)32-44(46)50-41(29-24-36-16-13-21-47(51)49(36)50)35-22-26-39(27-23-35)53(38-17-9-6-10-18-38)40-28-30-43-42-19-11-12-20-45(42)52(3,4)48(43)33-40/h5-33H,1-4H3. The van der Waals surface area contributed by atoms with Gasteiger partial charge in [-0.15, -0.1) is 0 Å². The predicted molar refractivity (Wildman–Crippen MR) is 225 cm³/mol. The Morgan fingerprint density at radius 3 is 1.72 bits per heavy atom. The molecule has 0 unspecified atom stereocenters. The summed E-state index contributed by atoms with van der Waals surface area (Å²) in [6, 6.07) is 65.2. The fourth-order valence-electron chi connectivity index (χ4n) is 9.32. The maximum atomic E-state index is 2.43. The number of nitrogens with zero attached hydrogens (tertiary/aromatic N) is 1. The number of para-hydroxylation sites is 1. The molecule has 8 aromatic rings. The third-order valence-corrected chi connectivity index (χ3v) is 12.1. The van der Waals surface area contributed by atoms with Crippen molar-refractivity contribution in [2.45, 2.75) is 38.5 Å². The van der Waals surface area contributed by atoms with Crippen molar-refractivity contribution in [1.82, 2.24) is 0 Å². The topological polar surface area (TPSA) is 3.24 Å². The van der Waals surface area contributed by atoms with Gasteiger partial charge in [-0.25, -0.2) is 0 Å². The van der Waals surface area contributed by atoms with Crippen molar-refractivity contribution >= 4 is 27.8 Å². The molecule has 0 fully saturated rings. The van der Waals surface area contributed by atoms with Gasteiger partial charge in [0.15, 0.2) is 0 Å². The Balaban J connectivity index is 1.13. The highest BCUT2D eigenvalue weighted by molar-refractivity contribution is 6.09. The minimum Gasteiger partial charge on any atom is -0.310 e. The van der Waals surface area contributed by atoms with Gasteiger partial charge in [0, 0.05) is 27.9 Å². The van der Waals surface area contributed by atoms with E-state index in [0.717, 1.165) is 11.4 Å². The fraction of sp³-hybridized carbons (Fsp3) is 0.115. The Morgan fingerprint density at radius 1 is 0.340 bits per heavy atom. The van der Waals surface area contributed by atoms with Gasteiger partial charge in [-0.3, -0.25) is 0 Å². The zero-order valence-corrected chi connectivity index (χ0v) is 30.7. The number of rotatable bonds is 5. The third-order valence-electron chi connectivity index (χ3n) is 12.1. The van der Waals surface area contributed by atoms with E-state index in [9.17, 15) is 0 Å². The molecule has 8 aromatic carbocycles. The van der Waals surface area contributed by atoms with Crippen LogP contribution in [0.15, 0.2) is 176 Å². The molecule has 1 heteroatoms. The molecule has 0 radical (unpaired) electrons. The molecule has 0 saturated carbocycles. The van der Waals surface area contributed by atoms with Crippen LogP contribution in [0, 0.1) is 0 Å². The van der Waals surface area contributed by atoms with Crippen molar-refractivity contribution in [3.8, 4) is 44.5 Å². The Kier molecular flexibility index (Phi) is 6.94. The van der Waals surface area contributed by atoms with E-state index in [2.05, 4.69) is 209 Å². The van der Waals surface area contributed by atoms with E-state index in [1.54, 1.807) is 0 Å². The second kappa shape index (κ2) is 11.7. The van der Waals surface area contributed by atoms with Gasteiger partial charge < -0.3 is 4.90 Å². The SMILES string of the molecule is CC1(C)c2ccccc2-c2ccc(N(c3ccccc3)c3ccc(-c4ccc5cccc6c5c4-c4cc(-c5ccccc5)ccc4C6(C)C)cc3)cc21. The molecular formula is C52H41N. The van der Waals surface area contributed by atoms with E-state index in [1.807, 2.05) is 0 Å². The molecule has 254 valence electrons. The average molecular weight is 680 g/mol. The van der Waals surface area contributed by atoms with Crippen LogP contribution in [0.3, 0.4) is 0 Å². The Labute approximate surface area is 312 Å². The Morgan fingerprint density at radius 2 is 0.925 bits per heavy atom. The van der Waals surface area contributed by atoms with Crippen LogP contribution in [-0.4, -0.2) is 0 Å². The first kappa shape index (κ1) is 31.5. The van der Waals surface area contributed by atoms with Crippen molar-refractivity contribution < 1.29 is 0 Å². The number of fused-ring (bicyclic) bond motifs is 5. The van der Waals surface area contributed by atoms with Crippen LogP contribution in [-0.2, 0) is 10.8 Å². The average Bonchev–Trinajstić information content (AvgIpc) is 3.43. The molecule has 10 rings (SSSR count). The molecule has 2 aliphatic carbocycles. The molecule has 0 amide bonds. The van der Waals surface area contributed by atoms with E-state index >= 15 is 0 Å². The molecule has 0 bridgehead atoms. The number of hydrogen-bond donors (Lipinski definition) is 0. The minimum atomic E-state index is -0.123. The summed E-state index contributed by atoms with van der Waals surface area (Å²) in [5.41, 5.74) is 19.1. The van der Waals surface area contributed by atoms with Gasteiger partial charge in [-0.05, 0) is 120 Å². The fourth-order valence-corrected chi connectivity index (χ4v) is 9.32. The monoisotopic (exact) mass is 679 g/mol. The van der Waals surface area contributed by atoms with Crippen molar-refractivity contribution in [2.24, 2.45) is 0 Å². The van der Waals surface area contributed by atoms with Gasteiger partial charge >= 0.3 is 0 Å². The summed E-state index contributed by atoms with van der Waals surface area (Å²) in [6.07, 6.45) is 0. The number of hydrogen-bond acceptors (Lipinski definition) is 1. The molecule has 2 aliphatic rings. The lowest BCUT2D eigenvalue weighted by Gasteiger charge is -2.36. The molecule has 53 heavy (non-hydrogen) atoms. The molecule has 0 aromatic heterocycles. The van der Waals surface area contributed by atoms with E-state index in [0.29, 0.717) is 0 Å². The smallest absolute Gasteiger partial charge is 0.0465 e. The quantitative estimate of drug-likeness (QED) is 0.175. The van der Waals surface area contributed by atoms with E-state index in [1.165, 1.54) is 83.2 Å². The molecular weight excluding hydrogens is 639 g/mol. The lowest BCUT2D eigenvalue weighted by molar-refractivity contribution is 0.645. The summed E-state index contributed by atoms with van der Waals surface area (Å²) in [4.78, 5) is 2.40. The van der Waals surface area contributed by atoms with Crippen LogP contribution in [0.25, 0.3) is 55.3 Å². The van der Waals surface area contributed by atoms with Crippen LogP contribution in [0.1, 0.15) is 49.9 Å². The number of benzene rings is 8. The van der Waals surface area contributed by atoms with Crippen LogP contribution in [0.4, 0.5) is 17.1 Å². The van der Waals surface area contributed by atoms with Gasteiger partial charge in [0.05, 0.1) is 0 Å². The maximum Gasteiger partial charge on any atom is 0.0465 e. The van der Waals surface area contributed by atoms with E-state index in [-0.39, 0.29) is 10.8 Å². The van der Waals surface area contributed by atoms with Crippen molar-refractivity contribution in [3.05, 3.63) is 198 Å². The van der Waals surface area contributed by atoms with Gasteiger partial charge in [-0.2, -0.15) is 0 Å². The normalized spacial score (nSPS) is 14.3. The number of anilines is 3. The molecule has 0 N–H and O–H groups in total. The first-order chi connectivity index (χ1) is 25.8. The van der Waals surface area contributed by atoms with Crippen LogP contribution in [0.5, 0.6) is 0 Å². The maximum absolute atomic E-state index is 2.43. The van der Waals surface area contributed by atoms with Crippen molar-refractivity contribution in [3.63, 3.8) is 0 Å². The Hall–Kier alpha value is -6.18. The van der Waals surface area contributed by atoms with Crippen LogP contribution >= 0.6 is 0 Å². The largest absolute Gasteiger partial charge is 0.310 e. The van der Waals surface area contributed by atoms with Crippen molar-refractivity contribution in [1.29, 1.82) is 0 Å². The highest BCUT2D eigenvalue weighted by atomic mass is 15.1. The minimum absolute atomic E-state index is 0.0737. The van der Waals surface area contributed by atoms with Gasteiger partial charge in [0.2, 0.25) is 0 Å². The summed E-state index contributed by atoms with van der Waals surface area (Å²) in [7, 11) is 0. The van der Waals surface area contributed by atoms with Crippen molar-refractivity contribution in [2.75, 3.05) is 4.90 Å². The first-order valence-corrected chi connectivity index (χ1v) is 18.8. The van der Waals surface area contributed by atoms with Crippen LogP contribution < -0.4 is 4.90 Å². The second-order valence-electron chi connectivity index (χ2n) is 15.8. The summed E-state index contributed by atoms with van der Waals surface area (Å²) in [6.45, 7) is 9.47. The highest BCUT2D eigenvalue weighted by Gasteiger charge is 2.37. The van der Waals surface area contributed by atoms with E-state index < -0.39 is 0 Å². The molecule has 1 nitrogen and oxygen atoms in total. The summed E-state index contributed by atoms with van der Waals surface area (Å²) >= 11 is 0. The van der Waals surface area contributed by atoms with Gasteiger partial charge in [0.1, 0.15) is 0 Å². The molecule has 0 aliphatic heterocycles. The summed E-state index contributed by atoms with van der Waals surface area (Å²) < 4.78 is 0. The first-order valence-electron chi connectivity index (χ1n) is 18.8. The van der Waals surface area contributed by atoms with Gasteiger partial charge in [0.25, 0.3) is 0 Å².